The van der Waals surface area contributed by atoms with E-state index < -0.39 is 0 Å². The predicted molar refractivity (Wildman–Crippen MR) is 59.9 cm³/mol. The largest absolute Gasteiger partial charge is 0.359 e. The highest BCUT2D eigenvalue weighted by molar-refractivity contribution is 6.36. The maximum Gasteiger partial charge on any atom is 0.150 e. The molecule has 0 aliphatic rings. The van der Waals surface area contributed by atoms with E-state index in [1.165, 1.54) is 0 Å². The minimum Gasteiger partial charge on any atom is -0.359 e. The Morgan fingerprint density at radius 1 is 1.27 bits per heavy atom. The fourth-order valence-corrected chi connectivity index (χ4v) is 1.74. The van der Waals surface area contributed by atoms with Gasteiger partial charge in [0.15, 0.2) is 5.76 Å². The summed E-state index contributed by atoms with van der Waals surface area (Å²) in [6.45, 7) is 0.318. The third kappa shape index (κ3) is 2.15. The molecule has 0 saturated heterocycles. The molecule has 1 aromatic carbocycles. The number of nitrogens with two attached hydrogens (primary N) is 1. The van der Waals surface area contributed by atoms with E-state index in [9.17, 15) is 0 Å². The van der Waals surface area contributed by atoms with Gasteiger partial charge in [-0.05, 0) is 18.2 Å². The third-order valence-electron chi connectivity index (χ3n) is 1.97. The molecular weight excluding hydrogens is 235 g/mol. The van der Waals surface area contributed by atoms with Gasteiger partial charge in [-0.25, -0.2) is 0 Å². The number of benzene rings is 1. The van der Waals surface area contributed by atoms with Crippen LogP contribution in [0.15, 0.2) is 28.8 Å². The summed E-state index contributed by atoms with van der Waals surface area (Å²) in [5.41, 5.74) is 6.86. The molecule has 0 spiro atoms. The molecule has 3 nitrogen and oxygen atoms in total. The highest BCUT2D eigenvalue weighted by Crippen LogP contribution is 2.29. The summed E-state index contributed by atoms with van der Waals surface area (Å²) >= 11 is 11.8. The van der Waals surface area contributed by atoms with Crippen LogP contribution >= 0.6 is 23.2 Å². The third-order valence-corrected chi connectivity index (χ3v) is 2.52. The molecule has 78 valence electrons. The van der Waals surface area contributed by atoms with E-state index in [0.717, 1.165) is 5.56 Å². The first-order chi connectivity index (χ1) is 7.20. The number of halogens is 2. The van der Waals surface area contributed by atoms with Crippen molar-refractivity contribution in [2.45, 2.75) is 6.54 Å². The Labute approximate surface area is 96.8 Å². The van der Waals surface area contributed by atoms with Gasteiger partial charge in [0, 0.05) is 16.7 Å². The molecule has 5 heteroatoms. The Morgan fingerprint density at radius 3 is 2.67 bits per heavy atom. The zero-order valence-corrected chi connectivity index (χ0v) is 9.22. The van der Waals surface area contributed by atoms with E-state index in [1.807, 2.05) is 0 Å². The zero-order chi connectivity index (χ0) is 10.8. The van der Waals surface area contributed by atoms with Crippen LogP contribution in [-0.2, 0) is 6.54 Å². The van der Waals surface area contributed by atoms with Gasteiger partial charge < -0.3 is 10.3 Å². The van der Waals surface area contributed by atoms with Crippen LogP contribution in [0.5, 0.6) is 0 Å². The lowest BCUT2D eigenvalue weighted by Crippen LogP contribution is -1.92. The molecule has 1 aromatic heterocycles. The van der Waals surface area contributed by atoms with Gasteiger partial charge in [0.1, 0.15) is 5.69 Å². The van der Waals surface area contributed by atoms with Crippen molar-refractivity contribution in [1.82, 2.24) is 5.16 Å². The molecule has 0 saturated carbocycles. The summed E-state index contributed by atoms with van der Waals surface area (Å²) in [7, 11) is 0. The molecule has 0 aliphatic heterocycles. The van der Waals surface area contributed by atoms with Crippen molar-refractivity contribution in [3.05, 3.63) is 40.1 Å². The molecule has 0 atom stereocenters. The smallest absolute Gasteiger partial charge is 0.150 e. The number of aromatic nitrogens is 1. The molecule has 2 N–H and O–H groups in total. The van der Waals surface area contributed by atoms with Crippen molar-refractivity contribution in [1.29, 1.82) is 0 Å². The van der Waals surface area contributed by atoms with Gasteiger partial charge in [0.05, 0.1) is 11.6 Å². The maximum absolute atomic E-state index is 6.02. The van der Waals surface area contributed by atoms with Crippen LogP contribution < -0.4 is 5.73 Å². The summed E-state index contributed by atoms with van der Waals surface area (Å²) in [4.78, 5) is 0. The minimum atomic E-state index is 0.318. The molecular formula is C10H8Cl2N2O. The Kier molecular flexibility index (Phi) is 2.95. The molecule has 0 radical (unpaired) electrons. The van der Waals surface area contributed by atoms with Crippen LogP contribution in [0.2, 0.25) is 10.0 Å². The summed E-state index contributed by atoms with van der Waals surface area (Å²) in [6.07, 6.45) is 0. The first-order valence-corrected chi connectivity index (χ1v) is 5.07. The Hall–Kier alpha value is -1.03. The second-order valence-electron chi connectivity index (χ2n) is 3.01. The molecule has 0 amide bonds. The second kappa shape index (κ2) is 4.23. The average molecular weight is 243 g/mol. The van der Waals surface area contributed by atoms with Gasteiger partial charge in [0.25, 0.3) is 0 Å². The highest BCUT2D eigenvalue weighted by Gasteiger charge is 2.09. The van der Waals surface area contributed by atoms with E-state index in [2.05, 4.69) is 5.16 Å². The lowest BCUT2D eigenvalue weighted by Gasteiger charge is -1.99. The van der Waals surface area contributed by atoms with Gasteiger partial charge >= 0.3 is 0 Å². The fourth-order valence-electron chi connectivity index (χ4n) is 1.23. The van der Waals surface area contributed by atoms with E-state index >= 15 is 0 Å². The molecule has 2 rings (SSSR count). The van der Waals surface area contributed by atoms with E-state index in [1.54, 1.807) is 24.3 Å². The zero-order valence-electron chi connectivity index (χ0n) is 7.71. The van der Waals surface area contributed by atoms with Crippen LogP contribution in [0.1, 0.15) is 5.76 Å². The van der Waals surface area contributed by atoms with Crippen molar-refractivity contribution in [2.75, 3.05) is 0 Å². The van der Waals surface area contributed by atoms with E-state index in [0.29, 0.717) is 28.0 Å². The van der Waals surface area contributed by atoms with Crippen LogP contribution in [0.4, 0.5) is 0 Å². The number of hydrogen-bond acceptors (Lipinski definition) is 3. The molecule has 0 bridgehead atoms. The van der Waals surface area contributed by atoms with Gasteiger partial charge in [-0.1, -0.05) is 28.4 Å². The Morgan fingerprint density at radius 2 is 2.07 bits per heavy atom. The number of rotatable bonds is 2. The standard InChI is InChI=1S/C10H8Cl2N2O/c11-6-1-2-8(9(12)3-6)10-4-7(5-13)15-14-10/h1-4H,5,13H2. The van der Waals surface area contributed by atoms with Crippen molar-refractivity contribution in [3.8, 4) is 11.3 Å². The molecule has 0 unspecified atom stereocenters. The number of hydrogen-bond donors (Lipinski definition) is 1. The van der Waals surface area contributed by atoms with E-state index in [-0.39, 0.29) is 0 Å². The summed E-state index contributed by atoms with van der Waals surface area (Å²) in [5, 5.41) is 5.00. The molecule has 1 heterocycles. The van der Waals surface area contributed by atoms with E-state index in [4.69, 9.17) is 33.5 Å². The number of nitrogens with zero attached hydrogens (tertiary/aromatic N) is 1. The Balaban J connectivity index is 2.44. The van der Waals surface area contributed by atoms with Crippen molar-refractivity contribution in [3.63, 3.8) is 0 Å². The summed E-state index contributed by atoms with van der Waals surface area (Å²) < 4.78 is 4.99. The predicted octanol–water partition coefficient (Wildman–Crippen LogP) is 3.11. The normalized spacial score (nSPS) is 10.6. The molecule has 0 aliphatic carbocycles. The van der Waals surface area contributed by atoms with Crippen molar-refractivity contribution < 1.29 is 4.52 Å². The SMILES string of the molecule is NCc1cc(-c2ccc(Cl)cc2Cl)no1. The van der Waals surface area contributed by atoms with Crippen molar-refractivity contribution >= 4 is 23.2 Å². The molecule has 2 aromatic rings. The van der Waals surface area contributed by atoms with Gasteiger partial charge in [-0.15, -0.1) is 0 Å². The first kappa shape index (κ1) is 10.5. The first-order valence-electron chi connectivity index (χ1n) is 4.32. The van der Waals surface area contributed by atoms with Crippen LogP contribution in [-0.4, -0.2) is 5.16 Å². The van der Waals surface area contributed by atoms with Gasteiger partial charge in [-0.2, -0.15) is 0 Å². The Bertz CT molecular complexity index is 482. The quantitative estimate of drug-likeness (QED) is 0.881. The van der Waals surface area contributed by atoms with Crippen LogP contribution in [0.3, 0.4) is 0 Å². The lowest BCUT2D eigenvalue weighted by atomic mass is 10.1. The van der Waals surface area contributed by atoms with Crippen LogP contribution in [0, 0.1) is 0 Å². The summed E-state index contributed by atoms with van der Waals surface area (Å²) in [5.74, 6) is 0.621. The molecule has 15 heavy (non-hydrogen) atoms. The monoisotopic (exact) mass is 242 g/mol. The summed E-state index contributed by atoms with van der Waals surface area (Å²) in [6, 6.07) is 6.97. The van der Waals surface area contributed by atoms with Crippen molar-refractivity contribution in [2.24, 2.45) is 5.73 Å². The molecule has 0 fully saturated rings. The highest BCUT2D eigenvalue weighted by atomic mass is 35.5. The second-order valence-corrected chi connectivity index (χ2v) is 3.85. The van der Waals surface area contributed by atoms with Gasteiger partial charge in [-0.3, -0.25) is 0 Å². The topological polar surface area (TPSA) is 52.0 Å². The van der Waals surface area contributed by atoms with Gasteiger partial charge in [0.2, 0.25) is 0 Å². The maximum atomic E-state index is 6.02. The average Bonchev–Trinajstić information content (AvgIpc) is 2.66. The lowest BCUT2D eigenvalue weighted by molar-refractivity contribution is 0.387. The van der Waals surface area contributed by atoms with Crippen LogP contribution in [0.25, 0.3) is 11.3 Å². The fraction of sp³-hybridized carbons (Fsp3) is 0.100. The minimum absolute atomic E-state index is 0.318.